The molecule has 0 aliphatic carbocycles. The van der Waals surface area contributed by atoms with Crippen molar-refractivity contribution in [1.29, 1.82) is 0 Å². The fourth-order valence-corrected chi connectivity index (χ4v) is 5.56. The Bertz CT molecular complexity index is 372. The van der Waals surface area contributed by atoms with Crippen LogP contribution in [0, 0.1) is 0 Å². The lowest BCUT2D eigenvalue weighted by Gasteiger charge is -2.27. The van der Waals surface area contributed by atoms with E-state index in [9.17, 15) is 0 Å². The minimum absolute atomic E-state index is 1.16. The van der Waals surface area contributed by atoms with E-state index in [1.165, 1.54) is 42.3 Å². The molecular formula is C18H36ClISi2. The highest BCUT2D eigenvalue weighted by Crippen LogP contribution is 2.38. The molecule has 0 rings (SSSR count). The Morgan fingerprint density at radius 1 is 0.773 bits per heavy atom. The van der Waals surface area contributed by atoms with Crippen LogP contribution in [0.2, 0.25) is 39.3 Å². The van der Waals surface area contributed by atoms with Gasteiger partial charge in [-0.1, -0.05) is 100 Å². The molecule has 0 fully saturated rings. The Hall–Kier alpha value is 0.934. The summed E-state index contributed by atoms with van der Waals surface area (Å²) in [6.07, 6.45) is 7.39. The maximum absolute atomic E-state index is 6.95. The first-order valence-electron chi connectivity index (χ1n) is 8.75. The van der Waals surface area contributed by atoms with Gasteiger partial charge >= 0.3 is 0 Å². The monoisotopic (exact) mass is 470 g/mol. The largest absolute Gasteiger partial charge is 0.0940 e. The van der Waals surface area contributed by atoms with Gasteiger partial charge in [0.2, 0.25) is 0 Å². The van der Waals surface area contributed by atoms with Crippen molar-refractivity contribution in [2.45, 2.75) is 91.7 Å². The Labute approximate surface area is 160 Å². The molecule has 0 amide bonds. The third-order valence-corrected chi connectivity index (χ3v) is 14.4. The van der Waals surface area contributed by atoms with Crippen LogP contribution < -0.4 is 0 Å². The van der Waals surface area contributed by atoms with E-state index in [1.807, 2.05) is 0 Å². The lowest BCUT2D eigenvalue weighted by Crippen LogP contribution is -2.25. The minimum Gasteiger partial charge on any atom is -0.0940 e. The van der Waals surface area contributed by atoms with E-state index >= 15 is 0 Å². The van der Waals surface area contributed by atoms with Gasteiger partial charge in [-0.15, -0.1) is 0 Å². The van der Waals surface area contributed by atoms with Crippen molar-refractivity contribution in [3.05, 3.63) is 19.0 Å². The molecule has 0 saturated carbocycles. The molecule has 0 heterocycles. The minimum atomic E-state index is -1.46. The highest BCUT2D eigenvalue weighted by Gasteiger charge is 2.27. The summed E-state index contributed by atoms with van der Waals surface area (Å²) in [5.74, 6) is 0. The maximum Gasteiger partial charge on any atom is 0.0926 e. The molecule has 0 aliphatic heterocycles. The molecule has 0 radical (unpaired) electrons. The van der Waals surface area contributed by atoms with E-state index in [2.05, 4.69) is 75.7 Å². The molecule has 22 heavy (non-hydrogen) atoms. The van der Waals surface area contributed by atoms with E-state index in [0.717, 1.165) is 6.42 Å². The van der Waals surface area contributed by atoms with Crippen LogP contribution in [0.3, 0.4) is 0 Å². The summed E-state index contributed by atoms with van der Waals surface area (Å²) >= 11 is 9.59. The average Bonchev–Trinajstić information content (AvgIpc) is 2.39. The SMILES string of the molecule is CCCCC(/C(CCCC)=C(\I)[Si](C)(C)C)=C(/Cl)[Si](C)(C)C. The molecule has 0 atom stereocenters. The molecule has 0 spiro atoms. The van der Waals surface area contributed by atoms with Crippen molar-refractivity contribution in [1.82, 2.24) is 0 Å². The van der Waals surface area contributed by atoms with Gasteiger partial charge in [0.15, 0.2) is 0 Å². The second-order valence-corrected chi connectivity index (χ2v) is 21.1. The average molecular weight is 471 g/mol. The second kappa shape index (κ2) is 10.0. The zero-order chi connectivity index (χ0) is 17.6. The molecule has 0 aromatic carbocycles. The van der Waals surface area contributed by atoms with Crippen LogP contribution in [0.1, 0.15) is 52.4 Å². The van der Waals surface area contributed by atoms with Gasteiger partial charge in [0, 0.05) is 4.66 Å². The normalized spacial score (nSPS) is 15.5. The van der Waals surface area contributed by atoms with Gasteiger partial charge in [0.25, 0.3) is 0 Å². The van der Waals surface area contributed by atoms with E-state index < -0.39 is 16.1 Å². The van der Waals surface area contributed by atoms with Crippen molar-refractivity contribution in [2.24, 2.45) is 0 Å². The zero-order valence-electron chi connectivity index (χ0n) is 16.0. The van der Waals surface area contributed by atoms with Gasteiger partial charge in [-0.3, -0.25) is 0 Å². The summed E-state index contributed by atoms with van der Waals surface area (Å²) < 4.78 is 2.86. The van der Waals surface area contributed by atoms with E-state index in [0.29, 0.717) is 0 Å². The molecule has 4 heteroatoms. The molecule has 0 nitrogen and oxygen atoms in total. The summed E-state index contributed by atoms with van der Waals surface area (Å²) in [6, 6.07) is 0. The molecule has 0 bridgehead atoms. The highest BCUT2D eigenvalue weighted by atomic mass is 127. The first-order valence-corrected chi connectivity index (χ1v) is 17.2. The van der Waals surface area contributed by atoms with Gasteiger partial charge < -0.3 is 0 Å². The molecular weight excluding hydrogens is 435 g/mol. The van der Waals surface area contributed by atoms with Crippen LogP contribution >= 0.6 is 34.2 Å². The molecule has 0 N–H and O–H groups in total. The Balaban J connectivity index is 6.08. The van der Waals surface area contributed by atoms with E-state index in [1.54, 1.807) is 8.78 Å². The summed E-state index contributed by atoms with van der Waals surface area (Å²) in [5, 5.41) is 0. The Kier molecular flexibility index (Phi) is 10.5. The van der Waals surface area contributed by atoms with Crippen LogP contribution in [0.15, 0.2) is 19.0 Å². The van der Waals surface area contributed by atoms with Crippen molar-refractivity contribution >= 4 is 50.3 Å². The van der Waals surface area contributed by atoms with Crippen LogP contribution in [-0.4, -0.2) is 16.1 Å². The first kappa shape index (κ1) is 22.9. The summed E-state index contributed by atoms with van der Waals surface area (Å²) in [6.45, 7) is 19.1. The fourth-order valence-electron chi connectivity index (χ4n) is 2.40. The molecule has 0 aliphatic rings. The van der Waals surface area contributed by atoms with Crippen molar-refractivity contribution in [2.75, 3.05) is 0 Å². The summed E-state index contributed by atoms with van der Waals surface area (Å²) in [5.41, 5.74) is 3.13. The van der Waals surface area contributed by atoms with Gasteiger partial charge in [0.05, 0.1) is 16.1 Å². The third-order valence-electron chi connectivity index (χ3n) is 3.77. The quantitative estimate of drug-likeness (QED) is 0.180. The molecule has 0 saturated heterocycles. The number of hydrogen-bond donors (Lipinski definition) is 0. The fraction of sp³-hybridized carbons (Fsp3) is 0.778. The number of halogens is 2. The predicted octanol–water partition coefficient (Wildman–Crippen LogP) is 8.30. The Morgan fingerprint density at radius 3 is 1.50 bits per heavy atom. The number of hydrogen-bond acceptors (Lipinski definition) is 0. The van der Waals surface area contributed by atoms with Gasteiger partial charge in [0.1, 0.15) is 0 Å². The number of rotatable bonds is 9. The zero-order valence-corrected chi connectivity index (χ0v) is 20.9. The van der Waals surface area contributed by atoms with Crippen molar-refractivity contribution < 1.29 is 0 Å². The number of unbranched alkanes of at least 4 members (excludes halogenated alkanes) is 2. The van der Waals surface area contributed by atoms with Crippen molar-refractivity contribution in [3.63, 3.8) is 0 Å². The smallest absolute Gasteiger partial charge is 0.0926 e. The van der Waals surface area contributed by atoms with Gasteiger partial charge in [-0.2, -0.15) is 0 Å². The van der Waals surface area contributed by atoms with Crippen LogP contribution in [0.25, 0.3) is 0 Å². The van der Waals surface area contributed by atoms with Gasteiger partial charge in [-0.05, 0) is 40.0 Å². The molecule has 0 aromatic rings. The van der Waals surface area contributed by atoms with Crippen molar-refractivity contribution in [3.8, 4) is 0 Å². The van der Waals surface area contributed by atoms with Crippen LogP contribution in [0.4, 0.5) is 0 Å². The lowest BCUT2D eigenvalue weighted by atomic mass is 9.99. The standard InChI is InChI=1S/C18H36ClISi2/c1-9-11-13-15(17(19)21(3,4)5)16(14-12-10-2)18(20)22(6,7)8/h9-14H2,1-8H3/b17-15+,18-16+. The first-order chi connectivity index (χ1) is 9.96. The lowest BCUT2D eigenvalue weighted by molar-refractivity contribution is 0.752. The summed E-state index contributed by atoms with van der Waals surface area (Å²) in [4.78, 5) is 0. The highest BCUT2D eigenvalue weighted by molar-refractivity contribution is 14.1. The predicted molar refractivity (Wildman–Crippen MR) is 120 cm³/mol. The molecule has 130 valence electrons. The molecule has 0 aromatic heterocycles. The van der Waals surface area contributed by atoms with Crippen LogP contribution in [-0.2, 0) is 0 Å². The van der Waals surface area contributed by atoms with Gasteiger partial charge in [-0.25, -0.2) is 0 Å². The van der Waals surface area contributed by atoms with Crippen LogP contribution in [0.5, 0.6) is 0 Å². The second-order valence-electron chi connectivity index (χ2n) is 8.29. The summed E-state index contributed by atoms with van der Waals surface area (Å²) in [7, 11) is -2.75. The Morgan fingerprint density at radius 2 is 1.18 bits per heavy atom. The molecule has 0 unspecified atom stereocenters. The number of allylic oxidation sites excluding steroid dienone is 2. The maximum atomic E-state index is 6.95. The van der Waals surface area contributed by atoms with E-state index in [4.69, 9.17) is 11.6 Å². The van der Waals surface area contributed by atoms with E-state index in [-0.39, 0.29) is 0 Å². The third kappa shape index (κ3) is 7.67. The topological polar surface area (TPSA) is 0 Å².